The van der Waals surface area contributed by atoms with Crippen LogP contribution in [-0.4, -0.2) is 52.7 Å². The fraction of sp³-hybridized carbons (Fsp3) is 0.667. The topological polar surface area (TPSA) is 72.9 Å². The van der Waals surface area contributed by atoms with Gasteiger partial charge in [0, 0.05) is 24.8 Å². The van der Waals surface area contributed by atoms with E-state index in [0.717, 1.165) is 43.5 Å². The van der Waals surface area contributed by atoms with Gasteiger partial charge in [-0.05, 0) is 62.5 Å². The van der Waals surface area contributed by atoms with Crippen molar-refractivity contribution in [1.82, 2.24) is 10.2 Å². The zero-order chi connectivity index (χ0) is 21.3. The Morgan fingerprint density at radius 1 is 1.13 bits per heavy atom. The minimum atomic E-state index is -0.891. The van der Waals surface area contributed by atoms with Gasteiger partial charge in [-0.15, -0.1) is 0 Å². The fourth-order valence-corrected chi connectivity index (χ4v) is 5.94. The van der Waals surface area contributed by atoms with Gasteiger partial charge in [0.1, 0.15) is 11.7 Å². The Morgan fingerprint density at radius 3 is 2.33 bits per heavy atom. The van der Waals surface area contributed by atoms with Crippen molar-refractivity contribution in [3.05, 3.63) is 30.3 Å². The highest BCUT2D eigenvalue weighted by Gasteiger charge is 2.55. The average molecular weight is 414 g/mol. The Balaban J connectivity index is 1.49. The molecule has 2 N–H and O–H groups in total. The summed E-state index contributed by atoms with van der Waals surface area (Å²) in [5, 5.41) is 12.4. The second kappa shape index (κ2) is 8.58. The van der Waals surface area contributed by atoms with Crippen molar-refractivity contribution in [2.45, 2.75) is 76.5 Å². The van der Waals surface area contributed by atoms with E-state index < -0.39 is 17.7 Å². The lowest BCUT2D eigenvalue weighted by Gasteiger charge is -2.47. The van der Waals surface area contributed by atoms with E-state index >= 15 is 0 Å². The van der Waals surface area contributed by atoms with E-state index in [2.05, 4.69) is 29.0 Å². The maximum atomic E-state index is 13.2. The summed E-state index contributed by atoms with van der Waals surface area (Å²) in [6.07, 6.45) is 6.03. The van der Waals surface area contributed by atoms with Crippen LogP contribution in [0.5, 0.6) is 0 Å². The third-order valence-electron chi connectivity index (χ3n) is 7.72. The highest BCUT2D eigenvalue weighted by atomic mass is 16.4. The number of carbonyl (C=O) groups is 2. The van der Waals surface area contributed by atoms with Gasteiger partial charge in [0.05, 0.1) is 6.42 Å². The van der Waals surface area contributed by atoms with Gasteiger partial charge >= 0.3 is 5.97 Å². The maximum absolute atomic E-state index is 13.2. The standard InChI is InChI=1S/C24H35N3O3/c1-17(2)18-8-10-19(11-9-18)26-14-12-24(13-15-26)23(30)25-21(16-22(28)29)27(24)20-6-4-3-5-7-20/h3-7,17-19,21H,8-16H2,1-2H3,(H,25,30)(H,28,29). The summed E-state index contributed by atoms with van der Waals surface area (Å²) < 4.78 is 0. The van der Waals surface area contributed by atoms with E-state index in [1.807, 2.05) is 30.3 Å². The molecule has 1 unspecified atom stereocenters. The van der Waals surface area contributed by atoms with Crippen LogP contribution in [0.25, 0.3) is 0 Å². The molecule has 164 valence electrons. The van der Waals surface area contributed by atoms with Gasteiger partial charge in [0.15, 0.2) is 0 Å². The molecule has 1 aromatic rings. The van der Waals surface area contributed by atoms with Gasteiger partial charge in [-0.2, -0.15) is 0 Å². The van der Waals surface area contributed by atoms with Crippen molar-refractivity contribution in [3.8, 4) is 0 Å². The van der Waals surface area contributed by atoms with E-state index in [9.17, 15) is 14.7 Å². The van der Waals surface area contributed by atoms with Crippen molar-refractivity contribution in [1.29, 1.82) is 0 Å². The monoisotopic (exact) mass is 413 g/mol. The van der Waals surface area contributed by atoms with E-state index in [4.69, 9.17) is 0 Å². The van der Waals surface area contributed by atoms with Gasteiger partial charge in [0.25, 0.3) is 0 Å². The number of aliphatic carboxylic acids is 1. The van der Waals surface area contributed by atoms with Crippen molar-refractivity contribution in [2.75, 3.05) is 18.0 Å². The van der Waals surface area contributed by atoms with Crippen LogP contribution in [0.3, 0.4) is 0 Å². The molecule has 3 fully saturated rings. The molecule has 30 heavy (non-hydrogen) atoms. The first kappa shape index (κ1) is 21.2. The van der Waals surface area contributed by atoms with Gasteiger partial charge in [-0.1, -0.05) is 32.0 Å². The lowest BCUT2D eigenvalue weighted by molar-refractivity contribution is -0.137. The molecule has 0 bridgehead atoms. The Kier molecular flexibility index (Phi) is 6.05. The Morgan fingerprint density at radius 2 is 1.77 bits per heavy atom. The van der Waals surface area contributed by atoms with Crippen molar-refractivity contribution < 1.29 is 14.7 Å². The Bertz CT molecular complexity index is 750. The first-order valence-corrected chi connectivity index (χ1v) is 11.5. The van der Waals surface area contributed by atoms with Crippen LogP contribution >= 0.6 is 0 Å². The molecule has 6 heteroatoms. The normalized spacial score (nSPS) is 29.4. The first-order valence-electron chi connectivity index (χ1n) is 11.5. The molecule has 1 spiro atoms. The maximum Gasteiger partial charge on any atom is 0.307 e. The number of carboxylic acids is 1. The zero-order valence-electron chi connectivity index (χ0n) is 18.2. The van der Waals surface area contributed by atoms with E-state index in [-0.39, 0.29) is 12.3 Å². The number of para-hydroxylation sites is 1. The second-order valence-corrected chi connectivity index (χ2v) is 9.67. The second-order valence-electron chi connectivity index (χ2n) is 9.67. The first-order chi connectivity index (χ1) is 14.4. The molecule has 1 atom stereocenters. The molecule has 1 amide bonds. The highest BCUT2D eigenvalue weighted by Crippen LogP contribution is 2.41. The van der Waals surface area contributed by atoms with Crippen LogP contribution < -0.4 is 10.2 Å². The number of carboxylic acid groups (broad SMARTS) is 1. The van der Waals surface area contributed by atoms with Crippen LogP contribution in [0, 0.1) is 11.8 Å². The van der Waals surface area contributed by atoms with Crippen molar-refractivity contribution in [3.63, 3.8) is 0 Å². The number of likely N-dealkylation sites (tertiary alicyclic amines) is 1. The molecule has 1 saturated carbocycles. The number of benzene rings is 1. The number of anilines is 1. The molecule has 0 aromatic heterocycles. The summed E-state index contributed by atoms with van der Waals surface area (Å²) >= 11 is 0. The molecule has 4 rings (SSSR count). The summed E-state index contributed by atoms with van der Waals surface area (Å²) in [6.45, 7) is 6.46. The molecule has 2 heterocycles. The summed E-state index contributed by atoms with van der Waals surface area (Å²) in [5.41, 5.74) is 0.278. The van der Waals surface area contributed by atoms with E-state index in [1.54, 1.807) is 0 Å². The fourth-order valence-electron chi connectivity index (χ4n) is 5.94. The van der Waals surface area contributed by atoms with Crippen molar-refractivity contribution >= 4 is 17.6 Å². The predicted molar refractivity (Wildman–Crippen MR) is 117 cm³/mol. The molecule has 2 aliphatic heterocycles. The lowest BCUT2D eigenvalue weighted by atomic mass is 9.78. The highest BCUT2D eigenvalue weighted by molar-refractivity contribution is 5.95. The SMILES string of the molecule is CC(C)C1CCC(N2CCC3(CC2)C(=O)NC(CC(=O)O)N3c2ccccc2)CC1. The largest absolute Gasteiger partial charge is 0.481 e. The number of nitrogens with zero attached hydrogens (tertiary/aromatic N) is 2. The summed E-state index contributed by atoms with van der Waals surface area (Å²) in [5.74, 6) is 0.713. The summed E-state index contributed by atoms with van der Waals surface area (Å²) in [7, 11) is 0. The number of piperidine rings is 1. The van der Waals surface area contributed by atoms with Crippen molar-refractivity contribution in [2.24, 2.45) is 11.8 Å². The quantitative estimate of drug-likeness (QED) is 0.773. The molecule has 1 aromatic carbocycles. The predicted octanol–water partition coefficient (Wildman–Crippen LogP) is 3.47. The number of hydrogen-bond acceptors (Lipinski definition) is 4. The summed E-state index contributed by atoms with van der Waals surface area (Å²) in [4.78, 5) is 29.3. The molecular formula is C24H35N3O3. The molecule has 2 saturated heterocycles. The Hall–Kier alpha value is -2.08. The minimum absolute atomic E-state index is 0.0132. The van der Waals surface area contributed by atoms with Crippen LogP contribution in [0.4, 0.5) is 5.69 Å². The summed E-state index contributed by atoms with van der Waals surface area (Å²) in [6, 6.07) is 10.4. The van der Waals surface area contributed by atoms with Gasteiger partial charge in [-0.3, -0.25) is 9.59 Å². The number of nitrogens with one attached hydrogen (secondary N) is 1. The number of hydrogen-bond donors (Lipinski definition) is 2. The Labute approximate surface area is 179 Å². The van der Waals surface area contributed by atoms with Gasteiger partial charge < -0.3 is 20.2 Å². The molecule has 6 nitrogen and oxygen atoms in total. The zero-order valence-corrected chi connectivity index (χ0v) is 18.2. The lowest BCUT2D eigenvalue weighted by Crippen LogP contribution is -2.59. The molecule has 3 aliphatic rings. The third-order valence-corrected chi connectivity index (χ3v) is 7.72. The molecule has 1 aliphatic carbocycles. The van der Waals surface area contributed by atoms with Crippen LogP contribution in [0.2, 0.25) is 0 Å². The van der Waals surface area contributed by atoms with Crippen LogP contribution in [0.15, 0.2) is 30.3 Å². The van der Waals surface area contributed by atoms with Crippen LogP contribution in [0.1, 0.15) is 58.8 Å². The smallest absolute Gasteiger partial charge is 0.307 e. The molecule has 0 radical (unpaired) electrons. The van der Waals surface area contributed by atoms with E-state index in [0.29, 0.717) is 6.04 Å². The van der Waals surface area contributed by atoms with E-state index in [1.165, 1.54) is 25.7 Å². The average Bonchev–Trinajstić information content (AvgIpc) is 2.99. The molecular weight excluding hydrogens is 378 g/mol. The van der Waals surface area contributed by atoms with Crippen LogP contribution in [-0.2, 0) is 9.59 Å². The number of carbonyl (C=O) groups excluding carboxylic acids is 1. The van der Waals surface area contributed by atoms with Gasteiger partial charge in [0.2, 0.25) is 5.91 Å². The third kappa shape index (κ3) is 3.94. The minimum Gasteiger partial charge on any atom is -0.481 e. The van der Waals surface area contributed by atoms with Gasteiger partial charge in [-0.25, -0.2) is 0 Å². The number of rotatable bonds is 5. The number of amides is 1.